The van der Waals surface area contributed by atoms with Crippen LogP contribution >= 0.6 is 0 Å². The van der Waals surface area contributed by atoms with Crippen LogP contribution in [-0.4, -0.2) is 60.3 Å². The number of aliphatic hydroxyl groups is 1. The van der Waals surface area contributed by atoms with Crippen LogP contribution in [0, 0.1) is 0 Å². The SMILES string of the molecule is CC1CNCC(C)N1C(=O)c1ccc(N2CCC(O)CC2)cc1. The highest BCUT2D eigenvalue weighted by Crippen LogP contribution is 2.22. The molecule has 2 fully saturated rings. The van der Waals surface area contributed by atoms with E-state index < -0.39 is 0 Å². The number of hydrogen-bond acceptors (Lipinski definition) is 4. The number of anilines is 1. The molecule has 1 amide bonds. The van der Waals surface area contributed by atoms with Crippen LogP contribution in [0.4, 0.5) is 5.69 Å². The van der Waals surface area contributed by atoms with Crippen molar-refractivity contribution in [3.63, 3.8) is 0 Å². The normalized spacial score (nSPS) is 26.4. The van der Waals surface area contributed by atoms with E-state index >= 15 is 0 Å². The minimum absolute atomic E-state index is 0.118. The van der Waals surface area contributed by atoms with E-state index in [0.717, 1.165) is 50.3 Å². The van der Waals surface area contributed by atoms with Crippen molar-refractivity contribution < 1.29 is 9.90 Å². The summed E-state index contributed by atoms with van der Waals surface area (Å²) in [7, 11) is 0. The van der Waals surface area contributed by atoms with Crippen LogP contribution < -0.4 is 10.2 Å². The maximum Gasteiger partial charge on any atom is 0.254 e. The summed E-state index contributed by atoms with van der Waals surface area (Å²) in [5.41, 5.74) is 1.89. The van der Waals surface area contributed by atoms with E-state index in [1.54, 1.807) is 0 Å². The summed E-state index contributed by atoms with van der Waals surface area (Å²) in [6.07, 6.45) is 1.47. The fourth-order valence-corrected chi connectivity index (χ4v) is 3.62. The Labute approximate surface area is 138 Å². The molecule has 0 saturated carbocycles. The maximum atomic E-state index is 12.8. The lowest BCUT2D eigenvalue weighted by Gasteiger charge is -2.39. The zero-order chi connectivity index (χ0) is 16.4. The van der Waals surface area contributed by atoms with Crippen molar-refractivity contribution >= 4 is 11.6 Å². The molecule has 126 valence electrons. The molecule has 0 spiro atoms. The van der Waals surface area contributed by atoms with Gasteiger partial charge in [-0.3, -0.25) is 4.79 Å². The molecule has 2 atom stereocenters. The van der Waals surface area contributed by atoms with Crippen LogP contribution in [0.2, 0.25) is 0 Å². The van der Waals surface area contributed by atoms with Crippen LogP contribution in [0.1, 0.15) is 37.0 Å². The van der Waals surface area contributed by atoms with Gasteiger partial charge < -0.3 is 20.2 Å². The second kappa shape index (κ2) is 6.89. The monoisotopic (exact) mass is 317 g/mol. The molecular weight excluding hydrogens is 290 g/mol. The van der Waals surface area contributed by atoms with Crippen LogP contribution in [0.3, 0.4) is 0 Å². The van der Waals surface area contributed by atoms with E-state index in [-0.39, 0.29) is 24.1 Å². The van der Waals surface area contributed by atoms with Gasteiger partial charge in [-0.1, -0.05) is 0 Å². The molecule has 5 heteroatoms. The summed E-state index contributed by atoms with van der Waals surface area (Å²) in [6.45, 7) is 7.64. The maximum absolute atomic E-state index is 12.8. The van der Waals surface area contributed by atoms with E-state index in [4.69, 9.17) is 0 Å². The molecule has 5 nitrogen and oxygen atoms in total. The first-order valence-corrected chi connectivity index (χ1v) is 8.62. The first kappa shape index (κ1) is 16.3. The molecule has 0 radical (unpaired) electrons. The molecule has 2 saturated heterocycles. The molecule has 2 aliphatic rings. The van der Waals surface area contributed by atoms with Crippen molar-refractivity contribution in [3.05, 3.63) is 29.8 Å². The second-order valence-corrected chi connectivity index (χ2v) is 6.83. The minimum Gasteiger partial charge on any atom is -0.393 e. The third kappa shape index (κ3) is 3.51. The Bertz CT molecular complexity index is 528. The largest absolute Gasteiger partial charge is 0.393 e. The van der Waals surface area contributed by atoms with Gasteiger partial charge in [0, 0.05) is 49.5 Å². The topological polar surface area (TPSA) is 55.8 Å². The lowest BCUT2D eigenvalue weighted by molar-refractivity contribution is 0.0544. The summed E-state index contributed by atoms with van der Waals surface area (Å²) < 4.78 is 0. The quantitative estimate of drug-likeness (QED) is 0.867. The highest BCUT2D eigenvalue weighted by Gasteiger charge is 2.29. The highest BCUT2D eigenvalue weighted by atomic mass is 16.3. The van der Waals surface area contributed by atoms with Gasteiger partial charge in [-0.15, -0.1) is 0 Å². The number of rotatable bonds is 2. The van der Waals surface area contributed by atoms with Gasteiger partial charge in [-0.2, -0.15) is 0 Å². The third-order valence-corrected chi connectivity index (χ3v) is 5.01. The number of piperazine rings is 1. The van der Waals surface area contributed by atoms with E-state index in [2.05, 4.69) is 24.1 Å². The smallest absolute Gasteiger partial charge is 0.254 e. The molecule has 1 aromatic rings. The number of aliphatic hydroxyl groups excluding tert-OH is 1. The van der Waals surface area contributed by atoms with Gasteiger partial charge >= 0.3 is 0 Å². The van der Waals surface area contributed by atoms with E-state index in [1.807, 2.05) is 29.2 Å². The summed E-state index contributed by atoms with van der Waals surface area (Å²) in [5.74, 6) is 0.118. The zero-order valence-corrected chi connectivity index (χ0v) is 14.0. The summed E-state index contributed by atoms with van der Waals surface area (Å²) in [5, 5.41) is 13.0. The molecule has 23 heavy (non-hydrogen) atoms. The van der Waals surface area contributed by atoms with Crippen LogP contribution in [-0.2, 0) is 0 Å². The van der Waals surface area contributed by atoms with Gasteiger partial charge in [0.1, 0.15) is 0 Å². The Hall–Kier alpha value is -1.59. The summed E-state index contributed by atoms with van der Waals surface area (Å²) >= 11 is 0. The number of benzene rings is 1. The molecule has 1 aromatic carbocycles. The number of nitrogens with zero attached hydrogens (tertiary/aromatic N) is 2. The van der Waals surface area contributed by atoms with Gasteiger partial charge in [0.15, 0.2) is 0 Å². The van der Waals surface area contributed by atoms with Gasteiger partial charge in [-0.05, 0) is 51.0 Å². The molecule has 0 bridgehead atoms. The molecule has 0 aromatic heterocycles. The average Bonchev–Trinajstić information content (AvgIpc) is 2.55. The lowest BCUT2D eigenvalue weighted by atomic mass is 10.0. The summed E-state index contributed by atoms with van der Waals surface area (Å²) in [4.78, 5) is 17.1. The van der Waals surface area contributed by atoms with Crippen LogP contribution in [0.15, 0.2) is 24.3 Å². The third-order valence-electron chi connectivity index (χ3n) is 5.01. The van der Waals surface area contributed by atoms with Crippen molar-refractivity contribution in [1.29, 1.82) is 0 Å². The number of amides is 1. The van der Waals surface area contributed by atoms with Gasteiger partial charge in [-0.25, -0.2) is 0 Å². The zero-order valence-electron chi connectivity index (χ0n) is 14.0. The molecule has 2 unspecified atom stereocenters. The minimum atomic E-state index is -0.164. The fraction of sp³-hybridized carbons (Fsp3) is 0.611. The van der Waals surface area contributed by atoms with E-state index in [0.29, 0.717) is 0 Å². The molecule has 2 aliphatic heterocycles. The van der Waals surface area contributed by atoms with E-state index in [1.165, 1.54) is 0 Å². The Balaban J connectivity index is 1.70. The molecule has 0 aliphatic carbocycles. The Morgan fingerprint density at radius 1 is 1.09 bits per heavy atom. The van der Waals surface area contributed by atoms with Crippen LogP contribution in [0.25, 0.3) is 0 Å². The molecule has 3 rings (SSSR count). The van der Waals surface area contributed by atoms with Crippen molar-refractivity contribution in [2.45, 2.75) is 44.9 Å². The van der Waals surface area contributed by atoms with Crippen LogP contribution in [0.5, 0.6) is 0 Å². The number of hydrogen-bond donors (Lipinski definition) is 2. The second-order valence-electron chi connectivity index (χ2n) is 6.83. The van der Waals surface area contributed by atoms with Gasteiger partial charge in [0.05, 0.1) is 6.10 Å². The van der Waals surface area contributed by atoms with Crippen molar-refractivity contribution in [3.8, 4) is 0 Å². The predicted molar refractivity (Wildman–Crippen MR) is 91.9 cm³/mol. The number of carbonyl (C=O) groups excluding carboxylic acids is 1. The van der Waals surface area contributed by atoms with E-state index in [9.17, 15) is 9.90 Å². The number of piperidine rings is 1. The van der Waals surface area contributed by atoms with Gasteiger partial charge in [0.2, 0.25) is 0 Å². The van der Waals surface area contributed by atoms with Crippen molar-refractivity contribution in [1.82, 2.24) is 10.2 Å². The fourth-order valence-electron chi connectivity index (χ4n) is 3.62. The van der Waals surface area contributed by atoms with Gasteiger partial charge in [0.25, 0.3) is 5.91 Å². The summed E-state index contributed by atoms with van der Waals surface area (Å²) in [6, 6.07) is 8.36. The predicted octanol–water partition coefficient (Wildman–Crippen LogP) is 1.47. The molecule has 2 heterocycles. The average molecular weight is 317 g/mol. The van der Waals surface area contributed by atoms with Crippen molar-refractivity contribution in [2.24, 2.45) is 0 Å². The first-order valence-electron chi connectivity index (χ1n) is 8.62. The highest BCUT2D eigenvalue weighted by molar-refractivity contribution is 5.95. The molecular formula is C18H27N3O2. The number of carbonyl (C=O) groups is 1. The standard InChI is InChI=1S/C18H27N3O2/c1-13-11-19-12-14(2)21(13)18(23)15-3-5-16(6-4-15)20-9-7-17(22)8-10-20/h3-6,13-14,17,19,22H,7-12H2,1-2H3. The Kier molecular flexibility index (Phi) is 4.87. The lowest BCUT2D eigenvalue weighted by Crippen LogP contribution is -2.57. The molecule has 2 N–H and O–H groups in total. The van der Waals surface area contributed by atoms with Crippen molar-refractivity contribution in [2.75, 3.05) is 31.1 Å². The Morgan fingerprint density at radius 3 is 2.22 bits per heavy atom. The first-order chi connectivity index (χ1) is 11.1. The Morgan fingerprint density at radius 2 is 1.65 bits per heavy atom. The number of nitrogens with one attached hydrogen (secondary N) is 1.